The highest BCUT2D eigenvalue weighted by atomic mass is 14.5. The fraction of sp³-hybridized carbons (Fsp3) is 0. The van der Waals surface area contributed by atoms with Crippen molar-refractivity contribution in [2.45, 2.75) is 0 Å². The average molecular weight is 234 g/mol. The molecule has 0 bridgehead atoms. The van der Waals surface area contributed by atoms with Gasteiger partial charge in [-0.3, -0.25) is 0 Å². The lowest BCUT2D eigenvalue weighted by molar-refractivity contribution is 1.63. The number of benzene rings is 2. The third kappa shape index (κ3) is 3.43. The van der Waals surface area contributed by atoms with Crippen LogP contribution < -0.4 is 11.5 Å². The second-order valence-corrected chi connectivity index (χ2v) is 3.90. The van der Waals surface area contributed by atoms with E-state index in [9.17, 15) is 0 Å². The second kappa shape index (κ2) is 5.60. The van der Waals surface area contributed by atoms with Gasteiger partial charge in [0, 0.05) is 16.9 Å². The first-order valence-corrected chi connectivity index (χ1v) is 5.63. The summed E-state index contributed by atoms with van der Waals surface area (Å²) in [7, 11) is 0. The van der Waals surface area contributed by atoms with Crippen LogP contribution in [0, 0.1) is 11.8 Å². The Hall–Kier alpha value is -2.66. The normalized spacial score (nSPS) is 10.0. The van der Waals surface area contributed by atoms with Crippen molar-refractivity contribution < 1.29 is 0 Å². The largest absolute Gasteiger partial charge is 0.399 e. The molecule has 2 aromatic carbocycles. The van der Waals surface area contributed by atoms with Gasteiger partial charge in [0.25, 0.3) is 0 Å². The maximum Gasteiger partial charge on any atom is 0.0326 e. The molecule has 0 unspecified atom stereocenters. The van der Waals surface area contributed by atoms with E-state index >= 15 is 0 Å². The summed E-state index contributed by atoms with van der Waals surface area (Å²) in [5, 5.41) is 0. The SMILES string of the molecule is Nc1cccc(C#C/C=C/c2cccc(N)c2)c1. The molecule has 0 atom stereocenters. The van der Waals surface area contributed by atoms with E-state index in [1.54, 1.807) is 6.08 Å². The standard InChI is InChI=1S/C16H14N2/c17-15-9-3-7-13(11-15)5-1-2-6-14-8-4-10-16(18)12-14/h1,3-5,7-12H,17-18H2/b5-1+. The molecular formula is C16H14N2. The lowest BCUT2D eigenvalue weighted by atomic mass is 10.2. The molecule has 0 amide bonds. The Morgan fingerprint density at radius 1 is 0.889 bits per heavy atom. The Morgan fingerprint density at radius 2 is 1.61 bits per heavy atom. The fourth-order valence-electron chi connectivity index (χ4n) is 1.54. The van der Waals surface area contributed by atoms with Crippen molar-refractivity contribution in [3.8, 4) is 11.8 Å². The molecule has 0 aliphatic carbocycles. The van der Waals surface area contributed by atoms with Crippen LogP contribution in [-0.2, 0) is 0 Å². The van der Waals surface area contributed by atoms with Gasteiger partial charge >= 0.3 is 0 Å². The van der Waals surface area contributed by atoms with Gasteiger partial charge in [-0.25, -0.2) is 0 Å². The van der Waals surface area contributed by atoms with Crippen molar-refractivity contribution in [2.24, 2.45) is 0 Å². The zero-order valence-corrected chi connectivity index (χ0v) is 9.93. The maximum atomic E-state index is 5.69. The van der Waals surface area contributed by atoms with Gasteiger partial charge in [-0.15, -0.1) is 0 Å². The number of rotatable bonds is 1. The molecule has 4 N–H and O–H groups in total. The monoisotopic (exact) mass is 234 g/mol. The highest BCUT2D eigenvalue weighted by Crippen LogP contribution is 2.08. The molecule has 2 aromatic rings. The summed E-state index contributed by atoms with van der Waals surface area (Å²) in [6.45, 7) is 0. The molecule has 2 heteroatoms. The lowest BCUT2D eigenvalue weighted by Gasteiger charge is -1.93. The van der Waals surface area contributed by atoms with Crippen LogP contribution in [0.4, 0.5) is 11.4 Å². The first kappa shape index (κ1) is 11.8. The van der Waals surface area contributed by atoms with Crippen LogP contribution in [0.5, 0.6) is 0 Å². The van der Waals surface area contributed by atoms with Crippen molar-refractivity contribution in [3.05, 3.63) is 65.7 Å². The average Bonchev–Trinajstić information content (AvgIpc) is 2.35. The Morgan fingerprint density at radius 3 is 2.33 bits per heavy atom. The van der Waals surface area contributed by atoms with Gasteiger partial charge in [-0.2, -0.15) is 0 Å². The molecular weight excluding hydrogens is 220 g/mol. The van der Waals surface area contributed by atoms with E-state index in [4.69, 9.17) is 11.5 Å². The third-order valence-corrected chi connectivity index (χ3v) is 2.37. The van der Waals surface area contributed by atoms with E-state index in [0.29, 0.717) is 0 Å². The van der Waals surface area contributed by atoms with Gasteiger partial charge in [0.1, 0.15) is 0 Å². The topological polar surface area (TPSA) is 52.0 Å². The van der Waals surface area contributed by atoms with E-state index in [1.165, 1.54) is 0 Å². The maximum absolute atomic E-state index is 5.69. The van der Waals surface area contributed by atoms with E-state index in [0.717, 1.165) is 22.5 Å². The van der Waals surface area contributed by atoms with Crippen molar-refractivity contribution in [1.29, 1.82) is 0 Å². The molecule has 0 saturated carbocycles. The molecule has 0 fully saturated rings. The van der Waals surface area contributed by atoms with Crippen LogP contribution in [0.2, 0.25) is 0 Å². The number of anilines is 2. The number of hydrogen-bond acceptors (Lipinski definition) is 2. The summed E-state index contributed by atoms with van der Waals surface area (Å²) < 4.78 is 0. The minimum Gasteiger partial charge on any atom is -0.399 e. The summed E-state index contributed by atoms with van der Waals surface area (Å²) in [5.41, 5.74) is 14.8. The molecule has 18 heavy (non-hydrogen) atoms. The highest BCUT2D eigenvalue weighted by Gasteiger charge is 1.87. The molecule has 0 spiro atoms. The molecule has 0 heterocycles. The van der Waals surface area contributed by atoms with Crippen LogP contribution in [0.25, 0.3) is 6.08 Å². The predicted octanol–water partition coefficient (Wildman–Crippen LogP) is 2.92. The van der Waals surface area contributed by atoms with Gasteiger partial charge in [0.05, 0.1) is 0 Å². The Bertz CT molecular complexity index is 631. The van der Waals surface area contributed by atoms with Crippen LogP contribution in [0.15, 0.2) is 54.6 Å². The zero-order chi connectivity index (χ0) is 12.8. The Kier molecular flexibility index (Phi) is 3.68. The van der Waals surface area contributed by atoms with Crippen LogP contribution in [-0.4, -0.2) is 0 Å². The van der Waals surface area contributed by atoms with E-state index in [1.807, 2.05) is 54.6 Å². The van der Waals surface area contributed by atoms with E-state index in [-0.39, 0.29) is 0 Å². The molecule has 0 saturated heterocycles. The first-order valence-electron chi connectivity index (χ1n) is 5.63. The number of allylic oxidation sites excluding steroid dienone is 1. The van der Waals surface area contributed by atoms with Crippen molar-refractivity contribution >= 4 is 17.5 Å². The first-order chi connectivity index (χ1) is 8.74. The van der Waals surface area contributed by atoms with Crippen molar-refractivity contribution in [2.75, 3.05) is 11.5 Å². The van der Waals surface area contributed by atoms with Crippen molar-refractivity contribution in [1.82, 2.24) is 0 Å². The molecule has 0 aliphatic rings. The molecule has 2 nitrogen and oxygen atoms in total. The van der Waals surface area contributed by atoms with Crippen molar-refractivity contribution in [3.63, 3.8) is 0 Å². The third-order valence-electron chi connectivity index (χ3n) is 2.37. The summed E-state index contributed by atoms with van der Waals surface area (Å²) in [6.07, 6.45) is 3.73. The van der Waals surface area contributed by atoms with E-state index in [2.05, 4.69) is 11.8 Å². The van der Waals surface area contributed by atoms with Crippen LogP contribution in [0.3, 0.4) is 0 Å². The van der Waals surface area contributed by atoms with Gasteiger partial charge in [-0.1, -0.05) is 30.0 Å². The van der Waals surface area contributed by atoms with E-state index < -0.39 is 0 Å². The number of hydrogen-bond donors (Lipinski definition) is 2. The smallest absolute Gasteiger partial charge is 0.0326 e. The lowest BCUT2D eigenvalue weighted by Crippen LogP contribution is -1.84. The quantitative estimate of drug-likeness (QED) is 0.589. The minimum absolute atomic E-state index is 0.724. The van der Waals surface area contributed by atoms with Gasteiger partial charge < -0.3 is 11.5 Å². The molecule has 0 aliphatic heterocycles. The fourth-order valence-corrected chi connectivity index (χ4v) is 1.54. The van der Waals surface area contributed by atoms with Gasteiger partial charge in [-0.05, 0) is 48.0 Å². The summed E-state index contributed by atoms with van der Waals surface area (Å²) in [4.78, 5) is 0. The Labute approximate surface area is 107 Å². The van der Waals surface area contributed by atoms with Crippen LogP contribution in [0.1, 0.15) is 11.1 Å². The van der Waals surface area contributed by atoms with Gasteiger partial charge in [0.15, 0.2) is 0 Å². The van der Waals surface area contributed by atoms with Gasteiger partial charge in [0.2, 0.25) is 0 Å². The van der Waals surface area contributed by atoms with Crippen LogP contribution >= 0.6 is 0 Å². The zero-order valence-electron chi connectivity index (χ0n) is 9.93. The molecule has 0 aromatic heterocycles. The highest BCUT2D eigenvalue weighted by molar-refractivity contribution is 5.58. The Balaban J connectivity index is 2.08. The second-order valence-electron chi connectivity index (χ2n) is 3.90. The predicted molar refractivity (Wildman–Crippen MR) is 77.6 cm³/mol. The molecule has 0 radical (unpaired) electrons. The minimum atomic E-state index is 0.724. The summed E-state index contributed by atoms with van der Waals surface area (Å²) in [6, 6.07) is 15.2. The summed E-state index contributed by atoms with van der Waals surface area (Å²) in [5.74, 6) is 5.99. The molecule has 88 valence electrons. The summed E-state index contributed by atoms with van der Waals surface area (Å²) >= 11 is 0. The molecule has 2 rings (SSSR count). The number of nitrogens with two attached hydrogens (primary N) is 2. The number of nitrogen functional groups attached to an aromatic ring is 2.